The Labute approximate surface area is 137 Å². The maximum absolute atomic E-state index is 11.9. The molecule has 2 heterocycles. The maximum Gasteiger partial charge on any atom is 0.248 e. The molecule has 116 valence electrons. The lowest BCUT2D eigenvalue weighted by Gasteiger charge is -2.10. The molecule has 0 saturated heterocycles. The van der Waals surface area contributed by atoms with Crippen LogP contribution in [0.4, 0.5) is 0 Å². The summed E-state index contributed by atoms with van der Waals surface area (Å²) >= 11 is 1.34. The van der Waals surface area contributed by atoms with Gasteiger partial charge in [-0.15, -0.1) is 0 Å². The van der Waals surface area contributed by atoms with Crippen LogP contribution in [0.5, 0.6) is 0 Å². The predicted octanol–water partition coefficient (Wildman–Crippen LogP) is 2.34. The summed E-state index contributed by atoms with van der Waals surface area (Å²) < 4.78 is 0. The fourth-order valence-corrected chi connectivity index (χ4v) is 2.61. The summed E-state index contributed by atoms with van der Waals surface area (Å²) in [5.74, 6) is 0.0770. The largest absolute Gasteiger partial charge is 0.333 e. The molecule has 3 aromatic rings. The van der Waals surface area contributed by atoms with Gasteiger partial charge in [0, 0.05) is 18.0 Å². The Balaban J connectivity index is 1.49. The average molecular weight is 325 g/mol. The van der Waals surface area contributed by atoms with Crippen molar-refractivity contribution in [2.24, 2.45) is 0 Å². The number of aromatic nitrogens is 3. The lowest BCUT2D eigenvalue weighted by molar-refractivity contribution is -0.119. The fourth-order valence-electron chi connectivity index (χ4n) is 1.93. The number of thioether (sulfide) groups is 1. The van der Waals surface area contributed by atoms with Crippen molar-refractivity contribution in [3.8, 4) is 0 Å². The maximum atomic E-state index is 11.9. The first kappa shape index (κ1) is 15.1. The van der Waals surface area contributed by atoms with Crippen LogP contribution < -0.4 is 10.9 Å². The van der Waals surface area contributed by atoms with Gasteiger partial charge in [0.2, 0.25) is 5.91 Å². The van der Waals surface area contributed by atoms with E-state index in [1.807, 2.05) is 30.3 Å². The van der Waals surface area contributed by atoms with Gasteiger partial charge < -0.3 is 4.98 Å². The van der Waals surface area contributed by atoms with Gasteiger partial charge in [0.15, 0.2) is 5.16 Å². The van der Waals surface area contributed by atoms with Crippen molar-refractivity contribution < 1.29 is 4.79 Å². The fraction of sp³-hybridized carbons (Fsp3) is 0.0625. The van der Waals surface area contributed by atoms with Crippen molar-refractivity contribution >= 4 is 34.4 Å². The number of hydrogen-bond donors (Lipinski definition) is 3. The normalized spacial score (nSPS) is 10.4. The SMILES string of the molecule is C=C(NNC(=O)CSc1nc2ccccc2[nH]1)c1cccnc1. The van der Waals surface area contributed by atoms with Gasteiger partial charge in [0.1, 0.15) is 0 Å². The summed E-state index contributed by atoms with van der Waals surface area (Å²) in [7, 11) is 0. The number of rotatable bonds is 6. The molecular formula is C16H15N5OS. The van der Waals surface area contributed by atoms with Gasteiger partial charge in [-0.1, -0.05) is 30.5 Å². The second-order valence-corrected chi connectivity index (χ2v) is 5.71. The summed E-state index contributed by atoms with van der Waals surface area (Å²) in [5, 5.41) is 0.715. The Morgan fingerprint density at radius 3 is 2.87 bits per heavy atom. The van der Waals surface area contributed by atoms with Gasteiger partial charge in [0.25, 0.3) is 0 Å². The van der Waals surface area contributed by atoms with Gasteiger partial charge in [-0.2, -0.15) is 0 Å². The molecule has 0 spiro atoms. The first-order valence-electron chi connectivity index (χ1n) is 6.94. The van der Waals surface area contributed by atoms with E-state index < -0.39 is 0 Å². The Kier molecular flexibility index (Phi) is 4.58. The van der Waals surface area contributed by atoms with E-state index in [1.54, 1.807) is 18.5 Å². The molecule has 0 saturated carbocycles. The highest BCUT2D eigenvalue weighted by molar-refractivity contribution is 7.99. The zero-order valence-corrected chi connectivity index (χ0v) is 13.1. The quantitative estimate of drug-likeness (QED) is 0.479. The Bertz CT molecular complexity index is 798. The van der Waals surface area contributed by atoms with Crippen LogP contribution in [-0.2, 0) is 4.79 Å². The first-order valence-corrected chi connectivity index (χ1v) is 7.92. The van der Waals surface area contributed by atoms with E-state index in [0.717, 1.165) is 16.6 Å². The second kappa shape index (κ2) is 6.97. The van der Waals surface area contributed by atoms with Crippen LogP contribution in [0, 0.1) is 0 Å². The van der Waals surface area contributed by atoms with Crippen molar-refractivity contribution in [1.29, 1.82) is 0 Å². The topological polar surface area (TPSA) is 82.7 Å². The van der Waals surface area contributed by atoms with Gasteiger partial charge in [0.05, 0.1) is 22.5 Å². The third-order valence-electron chi connectivity index (χ3n) is 3.07. The molecule has 0 aliphatic carbocycles. The molecule has 0 radical (unpaired) electrons. The number of fused-ring (bicyclic) bond motifs is 1. The third-order valence-corrected chi connectivity index (χ3v) is 3.94. The van der Waals surface area contributed by atoms with Crippen LogP contribution in [0.2, 0.25) is 0 Å². The molecule has 7 heteroatoms. The number of carbonyl (C=O) groups is 1. The highest BCUT2D eigenvalue weighted by Gasteiger charge is 2.07. The van der Waals surface area contributed by atoms with Crippen LogP contribution in [-0.4, -0.2) is 26.6 Å². The van der Waals surface area contributed by atoms with Gasteiger partial charge in [-0.05, 0) is 24.3 Å². The number of pyridine rings is 1. The summed E-state index contributed by atoms with van der Waals surface area (Å²) in [5.41, 5.74) is 8.64. The molecule has 3 N–H and O–H groups in total. The molecule has 6 nitrogen and oxygen atoms in total. The Hall–Kier alpha value is -2.80. The number of para-hydroxylation sites is 2. The van der Waals surface area contributed by atoms with Crippen molar-refractivity contribution in [3.63, 3.8) is 0 Å². The smallest absolute Gasteiger partial charge is 0.248 e. The Morgan fingerprint density at radius 2 is 2.09 bits per heavy atom. The van der Waals surface area contributed by atoms with Crippen molar-refractivity contribution in [3.05, 3.63) is 60.9 Å². The molecule has 0 atom stereocenters. The van der Waals surface area contributed by atoms with E-state index in [0.29, 0.717) is 10.9 Å². The number of carbonyl (C=O) groups excluding carboxylic acids is 1. The molecule has 0 aliphatic heterocycles. The van der Waals surface area contributed by atoms with Crippen LogP contribution >= 0.6 is 11.8 Å². The second-order valence-electron chi connectivity index (χ2n) is 4.74. The highest BCUT2D eigenvalue weighted by atomic mass is 32.2. The van der Waals surface area contributed by atoms with E-state index in [2.05, 4.69) is 32.4 Å². The molecular weight excluding hydrogens is 310 g/mol. The van der Waals surface area contributed by atoms with Gasteiger partial charge >= 0.3 is 0 Å². The van der Waals surface area contributed by atoms with Crippen molar-refractivity contribution in [2.75, 3.05) is 5.75 Å². The molecule has 0 bridgehead atoms. The molecule has 2 aromatic heterocycles. The van der Waals surface area contributed by atoms with E-state index in [-0.39, 0.29) is 11.7 Å². The molecule has 1 aromatic carbocycles. The van der Waals surface area contributed by atoms with Crippen LogP contribution in [0.25, 0.3) is 16.7 Å². The minimum Gasteiger partial charge on any atom is -0.333 e. The predicted molar refractivity (Wildman–Crippen MR) is 91.4 cm³/mol. The lowest BCUT2D eigenvalue weighted by Crippen LogP contribution is -2.37. The van der Waals surface area contributed by atoms with Crippen molar-refractivity contribution in [2.45, 2.75) is 5.16 Å². The molecule has 0 aliphatic rings. The number of benzene rings is 1. The standard InChI is InChI=1S/C16H15N5OS/c1-11(12-5-4-8-17-9-12)20-21-15(22)10-23-16-18-13-6-2-3-7-14(13)19-16/h2-9,20H,1,10H2,(H,18,19)(H,21,22). The molecule has 0 fully saturated rings. The number of nitrogens with one attached hydrogen (secondary N) is 3. The summed E-state index contributed by atoms with van der Waals surface area (Å²) in [6.45, 7) is 3.85. The number of aromatic amines is 1. The van der Waals surface area contributed by atoms with E-state index in [9.17, 15) is 4.79 Å². The molecule has 23 heavy (non-hydrogen) atoms. The molecule has 3 rings (SSSR count). The zero-order valence-electron chi connectivity index (χ0n) is 12.2. The summed E-state index contributed by atoms with van der Waals surface area (Å²) in [6.07, 6.45) is 3.35. The third kappa shape index (κ3) is 3.89. The van der Waals surface area contributed by atoms with Gasteiger partial charge in [-0.3, -0.25) is 20.6 Å². The highest BCUT2D eigenvalue weighted by Crippen LogP contribution is 2.18. The Morgan fingerprint density at radius 1 is 1.22 bits per heavy atom. The minimum atomic E-state index is -0.166. The van der Waals surface area contributed by atoms with E-state index >= 15 is 0 Å². The van der Waals surface area contributed by atoms with E-state index in [1.165, 1.54) is 11.8 Å². The van der Waals surface area contributed by atoms with Crippen LogP contribution in [0.3, 0.4) is 0 Å². The van der Waals surface area contributed by atoms with Gasteiger partial charge in [-0.25, -0.2) is 4.98 Å². The minimum absolute atomic E-state index is 0.166. The number of nitrogens with zero attached hydrogens (tertiary/aromatic N) is 2. The number of hydrazine groups is 1. The number of hydrogen-bond acceptors (Lipinski definition) is 5. The molecule has 1 amide bonds. The van der Waals surface area contributed by atoms with Crippen LogP contribution in [0.1, 0.15) is 5.56 Å². The number of imidazole rings is 1. The van der Waals surface area contributed by atoms with E-state index in [4.69, 9.17) is 0 Å². The summed E-state index contributed by atoms with van der Waals surface area (Å²) in [6, 6.07) is 11.4. The summed E-state index contributed by atoms with van der Waals surface area (Å²) in [4.78, 5) is 23.4. The zero-order chi connectivity index (χ0) is 16.1. The molecule has 0 unspecified atom stereocenters. The number of H-pyrrole nitrogens is 1. The number of amides is 1. The monoisotopic (exact) mass is 325 g/mol. The average Bonchev–Trinajstić information content (AvgIpc) is 3.01. The van der Waals surface area contributed by atoms with Crippen molar-refractivity contribution in [1.82, 2.24) is 25.8 Å². The first-order chi connectivity index (χ1) is 11.2. The lowest BCUT2D eigenvalue weighted by atomic mass is 10.2. The van der Waals surface area contributed by atoms with Crippen LogP contribution in [0.15, 0.2) is 60.5 Å².